The van der Waals surface area contributed by atoms with Crippen molar-refractivity contribution in [2.45, 2.75) is 13.0 Å². The number of amides is 2. The van der Waals surface area contributed by atoms with Gasteiger partial charge in [-0.25, -0.2) is 0 Å². The van der Waals surface area contributed by atoms with Gasteiger partial charge in [0.1, 0.15) is 17.5 Å². The number of carboxylic acid groups (broad SMARTS) is 1. The highest BCUT2D eigenvalue weighted by molar-refractivity contribution is 9.10. The van der Waals surface area contributed by atoms with Crippen LogP contribution >= 0.6 is 15.9 Å². The van der Waals surface area contributed by atoms with E-state index in [0.717, 1.165) is 0 Å². The fourth-order valence-electron chi connectivity index (χ4n) is 2.20. The molecule has 7 nitrogen and oxygen atoms in total. The second-order valence-electron chi connectivity index (χ2n) is 5.80. The number of nitrogens with one attached hydrogen (secondary N) is 2. The number of carbonyl (C=O) groups is 3. The Morgan fingerprint density at radius 2 is 1.75 bits per heavy atom. The lowest BCUT2D eigenvalue weighted by atomic mass is 10.1. The third kappa shape index (κ3) is 5.68. The van der Waals surface area contributed by atoms with Crippen molar-refractivity contribution < 1.29 is 24.2 Å². The zero-order valence-electron chi connectivity index (χ0n) is 15.2. The molecular weight excluding hydrogens is 428 g/mol. The van der Waals surface area contributed by atoms with Gasteiger partial charge in [-0.15, -0.1) is 0 Å². The van der Waals surface area contributed by atoms with Crippen LogP contribution in [-0.4, -0.2) is 36.0 Å². The zero-order valence-corrected chi connectivity index (χ0v) is 16.8. The van der Waals surface area contributed by atoms with Gasteiger partial charge in [0.05, 0.1) is 12.7 Å². The lowest BCUT2D eigenvalue weighted by molar-refractivity contribution is -0.140. The normalized spacial score (nSPS) is 12.0. The molecule has 2 rings (SSSR count). The van der Waals surface area contributed by atoms with Crippen molar-refractivity contribution >= 4 is 39.8 Å². The minimum atomic E-state index is -1.19. The van der Waals surface area contributed by atoms with Crippen molar-refractivity contribution in [2.75, 3.05) is 7.11 Å². The third-order valence-electron chi connectivity index (χ3n) is 3.76. The van der Waals surface area contributed by atoms with E-state index < -0.39 is 23.8 Å². The van der Waals surface area contributed by atoms with E-state index in [0.29, 0.717) is 21.3 Å². The molecule has 1 atom stereocenters. The summed E-state index contributed by atoms with van der Waals surface area (Å²) < 4.78 is 5.66. The molecule has 28 heavy (non-hydrogen) atoms. The number of benzene rings is 2. The van der Waals surface area contributed by atoms with Crippen molar-refractivity contribution in [2.24, 2.45) is 0 Å². The maximum atomic E-state index is 12.6. The molecule has 0 aliphatic carbocycles. The number of carbonyl (C=O) groups excluding carboxylic acids is 2. The minimum Gasteiger partial charge on any atom is -0.497 e. The van der Waals surface area contributed by atoms with Gasteiger partial charge >= 0.3 is 5.97 Å². The van der Waals surface area contributed by atoms with Crippen molar-refractivity contribution in [1.82, 2.24) is 10.6 Å². The van der Waals surface area contributed by atoms with Crippen LogP contribution in [0.1, 0.15) is 22.8 Å². The van der Waals surface area contributed by atoms with Crippen LogP contribution in [0.25, 0.3) is 6.08 Å². The molecule has 8 heteroatoms. The smallest absolute Gasteiger partial charge is 0.325 e. The van der Waals surface area contributed by atoms with Crippen LogP contribution in [0.2, 0.25) is 0 Å². The van der Waals surface area contributed by atoms with E-state index in [1.54, 1.807) is 48.5 Å². The third-order valence-corrected chi connectivity index (χ3v) is 4.45. The van der Waals surface area contributed by atoms with E-state index in [4.69, 9.17) is 9.84 Å². The Hall–Kier alpha value is -3.13. The fraction of sp³-hybridized carbons (Fsp3) is 0.150. The van der Waals surface area contributed by atoms with Crippen LogP contribution in [0, 0.1) is 0 Å². The predicted octanol–water partition coefficient (Wildman–Crippen LogP) is 2.82. The van der Waals surface area contributed by atoms with Crippen molar-refractivity contribution in [3.63, 3.8) is 0 Å². The fourth-order valence-corrected chi connectivity index (χ4v) is 2.66. The Labute approximate surface area is 170 Å². The summed E-state index contributed by atoms with van der Waals surface area (Å²) in [5.41, 5.74) is 0.877. The quantitative estimate of drug-likeness (QED) is 0.567. The van der Waals surface area contributed by atoms with E-state index in [9.17, 15) is 14.4 Å². The minimum absolute atomic E-state index is 0.0842. The highest BCUT2D eigenvalue weighted by Crippen LogP contribution is 2.17. The molecule has 0 unspecified atom stereocenters. The molecule has 2 aromatic carbocycles. The van der Waals surface area contributed by atoms with Gasteiger partial charge in [-0.1, -0.05) is 24.3 Å². The summed E-state index contributed by atoms with van der Waals surface area (Å²) in [7, 11) is 1.54. The van der Waals surface area contributed by atoms with E-state index in [1.165, 1.54) is 20.1 Å². The average Bonchev–Trinajstić information content (AvgIpc) is 2.68. The topological polar surface area (TPSA) is 105 Å². The average molecular weight is 447 g/mol. The summed E-state index contributed by atoms with van der Waals surface area (Å²) in [5.74, 6) is -1.77. The first-order valence-corrected chi connectivity index (χ1v) is 9.06. The van der Waals surface area contributed by atoms with Gasteiger partial charge < -0.3 is 20.5 Å². The molecule has 0 aromatic heterocycles. The lowest BCUT2D eigenvalue weighted by Gasteiger charge is -2.14. The molecule has 0 saturated carbocycles. The highest BCUT2D eigenvalue weighted by atomic mass is 79.9. The van der Waals surface area contributed by atoms with Crippen molar-refractivity contribution in [3.05, 3.63) is 69.8 Å². The standard InChI is InChI=1S/C20H19BrN2O5/c1-12(20(26)27)22-19(25)17(11-13-7-9-14(28-2)10-8-13)23-18(24)15-5-3-4-6-16(15)21/h3-12H,1-2H3,(H,22,25)(H,23,24)(H,26,27)/b17-11+/t12-/m0/s1. The van der Waals surface area contributed by atoms with Gasteiger partial charge in [0.15, 0.2) is 0 Å². The van der Waals surface area contributed by atoms with Gasteiger partial charge in [0.25, 0.3) is 11.8 Å². The Bertz CT molecular complexity index is 909. The summed E-state index contributed by atoms with van der Waals surface area (Å²) in [6, 6.07) is 12.5. The van der Waals surface area contributed by atoms with Crippen LogP contribution in [0.3, 0.4) is 0 Å². The predicted molar refractivity (Wildman–Crippen MR) is 108 cm³/mol. The summed E-state index contributed by atoms with van der Waals surface area (Å²) in [4.78, 5) is 36.2. The van der Waals surface area contributed by atoms with Crippen LogP contribution in [-0.2, 0) is 9.59 Å². The first-order chi connectivity index (χ1) is 13.3. The Morgan fingerprint density at radius 1 is 1.11 bits per heavy atom. The zero-order chi connectivity index (χ0) is 20.7. The number of ether oxygens (including phenoxy) is 1. The van der Waals surface area contributed by atoms with Gasteiger partial charge in [0, 0.05) is 4.47 Å². The van der Waals surface area contributed by atoms with Crippen LogP contribution < -0.4 is 15.4 Å². The second-order valence-corrected chi connectivity index (χ2v) is 6.65. The SMILES string of the molecule is COc1ccc(/C=C(/NC(=O)c2ccccc2Br)C(=O)N[C@@H](C)C(=O)O)cc1. The number of halogens is 1. The monoisotopic (exact) mass is 446 g/mol. The lowest BCUT2D eigenvalue weighted by Crippen LogP contribution is -2.42. The maximum Gasteiger partial charge on any atom is 0.325 e. The first-order valence-electron chi connectivity index (χ1n) is 8.27. The number of methoxy groups -OCH3 is 1. The van der Waals surface area contributed by atoms with E-state index >= 15 is 0 Å². The van der Waals surface area contributed by atoms with Crippen LogP contribution in [0.15, 0.2) is 58.7 Å². The first kappa shape index (κ1) is 21.2. The van der Waals surface area contributed by atoms with Gasteiger partial charge in [0.2, 0.25) is 0 Å². The largest absolute Gasteiger partial charge is 0.497 e. The summed E-state index contributed by atoms with van der Waals surface area (Å²) >= 11 is 3.29. The number of carboxylic acids is 1. The molecule has 0 bridgehead atoms. The molecule has 0 aliphatic heterocycles. The molecule has 0 fully saturated rings. The van der Waals surface area contributed by atoms with Gasteiger partial charge in [-0.3, -0.25) is 14.4 Å². The molecule has 0 saturated heterocycles. The van der Waals surface area contributed by atoms with Crippen molar-refractivity contribution in [1.29, 1.82) is 0 Å². The van der Waals surface area contributed by atoms with Crippen LogP contribution in [0.4, 0.5) is 0 Å². The van der Waals surface area contributed by atoms with E-state index in [1.807, 2.05) is 0 Å². The van der Waals surface area contributed by atoms with Gasteiger partial charge in [-0.2, -0.15) is 0 Å². The Kier molecular flexibility index (Phi) is 7.34. The molecule has 0 radical (unpaired) electrons. The molecule has 0 heterocycles. The molecule has 0 spiro atoms. The summed E-state index contributed by atoms with van der Waals surface area (Å²) in [6.45, 7) is 1.33. The molecular formula is C20H19BrN2O5. The number of rotatable bonds is 7. The molecule has 2 aromatic rings. The van der Waals surface area contributed by atoms with Crippen molar-refractivity contribution in [3.8, 4) is 5.75 Å². The summed E-state index contributed by atoms with van der Waals surface area (Å²) in [6.07, 6.45) is 1.46. The second kappa shape index (κ2) is 9.70. The Balaban J connectivity index is 2.33. The Morgan fingerprint density at radius 3 is 2.32 bits per heavy atom. The van der Waals surface area contributed by atoms with Crippen LogP contribution in [0.5, 0.6) is 5.75 Å². The van der Waals surface area contributed by atoms with E-state index in [-0.39, 0.29) is 5.70 Å². The number of aliphatic carboxylic acids is 1. The van der Waals surface area contributed by atoms with E-state index in [2.05, 4.69) is 26.6 Å². The summed E-state index contributed by atoms with van der Waals surface area (Å²) in [5, 5.41) is 13.9. The molecule has 0 aliphatic rings. The molecule has 3 N–H and O–H groups in total. The highest BCUT2D eigenvalue weighted by Gasteiger charge is 2.20. The van der Waals surface area contributed by atoms with Gasteiger partial charge in [-0.05, 0) is 58.8 Å². The maximum absolute atomic E-state index is 12.6. The molecule has 2 amide bonds. The number of hydrogen-bond donors (Lipinski definition) is 3. The molecule has 146 valence electrons. The number of hydrogen-bond acceptors (Lipinski definition) is 4.